The molecule has 1 unspecified atom stereocenters. The largest absolute Gasteiger partial charge is 0.424 e. The van der Waals surface area contributed by atoms with E-state index in [1.807, 2.05) is 0 Å². The SMILES string of the molecule is CCC(OC(=O)CNC(C)=O)OC(=O)N[C@]1(c2ccccc2Cl)CCCCC1=O. The minimum absolute atomic E-state index is 0.149. The molecule has 1 aromatic rings. The van der Waals surface area contributed by atoms with Gasteiger partial charge in [0.15, 0.2) is 5.78 Å². The van der Waals surface area contributed by atoms with E-state index in [1.165, 1.54) is 6.92 Å². The van der Waals surface area contributed by atoms with Crippen LogP contribution in [0.1, 0.15) is 51.5 Å². The number of halogens is 1. The quantitative estimate of drug-likeness (QED) is 0.514. The fourth-order valence-electron chi connectivity index (χ4n) is 3.22. The highest BCUT2D eigenvalue weighted by atomic mass is 35.5. The van der Waals surface area contributed by atoms with Crippen LogP contribution in [0.2, 0.25) is 5.02 Å². The summed E-state index contributed by atoms with van der Waals surface area (Å²) in [6.45, 7) is 2.60. The van der Waals surface area contributed by atoms with Gasteiger partial charge in [0, 0.05) is 30.4 Å². The molecule has 2 N–H and O–H groups in total. The molecule has 1 aliphatic rings. The van der Waals surface area contributed by atoms with Gasteiger partial charge < -0.3 is 20.1 Å². The molecular weight excluding hydrogens is 400 g/mol. The Bertz CT molecular complexity index is 784. The normalized spacial score (nSPS) is 19.8. The number of hydrogen-bond donors (Lipinski definition) is 2. The number of ether oxygens (including phenoxy) is 2. The summed E-state index contributed by atoms with van der Waals surface area (Å²) in [4.78, 5) is 48.0. The molecule has 1 saturated carbocycles. The lowest BCUT2D eigenvalue weighted by Crippen LogP contribution is -2.54. The van der Waals surface area contributed by atoms with Gasteiger partial charge in [-0.15, -0.1) is 0 Å². The van der Waals surface area contributed by atoms with Crippen molar-refractivity contribution in [3.8, 4) is 0 Å². The van der Waals surface area contributed by atoms with E-state index < -0.39 is 23.9 Å². The topological polar surface area (TPSA) is 111 Å². The van der Waals surface area contributed by atoms with Gasteiger partial charge in [-0.2, -0.15) is 0 Å². The number of benzene rings is 1. The number of rotatable bonds is 7. The third-order valence-electron chi connectivity index (χ3n) is 4.65. The predicted octanol–water partition coefficient (Wildman–Crippen LogP) is 2.82. The molecule has 0 aliphatic heterocycles. The molecule has 0 radical (unpaired) electrons. The average Bonchev–Trinajstić information content (AvgIpc) is 2.68. The molecule has 0 saturated heterocycles. The highest BCUT2D eigenvalue weighted by Crippen LogP contribution is 2.38. The van der Waals surface area contributed by atoms with Gasteiger partial charge in [0.1, 0.15) is 12.1 Å². The van der Waals surface area contributed by atoms with Crippen LogP contribution in [0.4, 0.5) is 4.79 Å². The summed E-state index contributed by atoms with van der Waals surface area (Å²) in [7, 11) is 0. The fraction of sp³-hybridized carbons (Fsp3) is 0.500. The Morgan fingerprint density at radius 2 is 1.93 bits per heavy atom. The molecule has 8 nitrogen and oxygen atoms in total. The molecule has 29 heavy (non-hydrogen) atoms. The van der Waals surface area contributed by atoms with Crippen molar-refractivity contribution in [1.82, 2.24) is 10.6 Å². The number of hydrogen-bond acceptors (Lipinski definition) is 6. The average molecular weight is 425 g/mol. The summed E-state index contributed by atoms with van der Waals surface area (Å²) in [5.74, 6) is -1.27. The second-order valence-electron chi connectivity index (χ2n) is 6.78. The van der Waals surface area contributed by atoms with Crippen LogP contribution in [0.25, 0.3) is 0 Å². The summed E-state index contributed by atoms with van der Waals surface area (Å²) < 4.78 is 10.3. The maximum atomic E-state index is 12.8. The fourth-order valence-corrected chi connectivity index (χ4v) is 3.52. The Kier molecular flexibility index (Phi) is 8.01. The van der Waals surface area contributed by atoms with E-state index in [0.717, 1.165) is 12.8 Å². The number of carbonyl (C=O) groups excluding carboxylic acids is 4. The van der Waals surface area contributed by atoms with Gasteiger partial charge in [0.05, 0.1) is 0 Å². The van der Waals surface area contributed by atoms with Crippen LogP contribution in [0.5, 0.6) is 0 Å². The molecule has 2 atom stereocenters. The van der Waals surface area contributed by atoms with Crippen molar-refractivity contribution in [2.24, 2.45) is 0 Å². The lowest BCUT2D eigenvalue weighted by atomic mass is 9.75. The Labute approximate surface area is 174 Å². The molecule has 0 bridgehead atoms. The van der Waals surface area contributed by atoms with E-state index in [2.05, 4.69) is 10.6 Å². The van der Waals surface area contributed by atoms with Crippen molar-refractivity contribution in [2.75, 3.05) is 6.54 Å². The Hall–Kier alpha value is -2.61. The maximum absolute atomic E-state index is 12.8. The smallest absolute Gasteiger partial charge is 0.411 e. The molecule has 2 amide bonds. The maximum Gasteiger partial charge on any atom is 0.411 e. The standard InChI is InChI=1S/C20H25ClN2O6/c1-3-18(28-17(26)12-22-13(2)24)29-19(27)23-20(11-7-6-10-16(20)25)14-8-4-5-9-15(14)21/h4-5,8-9,18H,3,6-7,10-12H2,1-2H3,(H,22,24)(H,23,27)/t18?,20-/m0/s1. The zero-order chi connectivity index (χ0) is 21.4. The monoisotopic (exact) mass is 424 g/mol. The number of nitrogens with one attached hydrogen (secondary N) is 2. The van der Waals surface area contributed by atoms with Crippen LogP contribution in [0, 0.1) is 0 Å². The summed E-state index contributed by atoms with van der Waals surface area (Å²) >= 11 is 6.31. The van der Waals surface area contributed by atoms with Crippen LogP contribution in [-0.2, 0) is 29.4 Å². The second-order valence-corrected chi connectivity index (χ2v) is 7.19. The Morgan fingerprint density at radius 1 is 1.21 bits per heavy atom. The molecular formula is C20H25ClN2O6. The van der Waals surface area contributed by atoms with Gasteiger partial charge in [0.2, 0.25) is 12.2 Å². The van der Waals surface area contributed by atoms with Crippen LogP contribution >= 0.6 is 11.6 Å². The van der Waals surface area contributed by atoms with Crippen LogP contribution in [-0.4, -0.2) is 36.6 Å². The molecule has 158 valence electrons. The van der Waals surface area contributed by atoms with E-state index in [0.29, 0.717) is 23.4 Å². The number of carbonyl (C=O) groups is 4. The Morgan fingerprint density at radius 3 is 2.55 bits per heavy atom. The van der Waals surface area contributed by atoms with Crippen LogP contribution in [0.3, 0.4) is 0 Å². The lowest BCUT2D eigenvalue weighted by Gasteiger charge is -2.37. The van der Waals surface area contributed by atoms with Crippen molar-refractivity contribution in [2.45, 2.75) is 57.8 Å². The number of ketones is 1. The highest BCUT2D eigenvalue weighted by molar-refractivity contribution is 6.31. The third kappa shape index (κ3) is 5.93. The van der Waals surface area contributed by atoms with Crippen molar-refractivity contribution in [1.29, 1.82) is 0 Å². The van der Waals surface area contributed by atoms with Gasteiger partial charge in [-0.25, -0.2) is 4.79 Å². The van der Waals surface area contributed by atoms with E-state index in [1.54, 1.807) is 31.2 Å². The summed E-state index contributed by atoms with van der Waals surface area (Å²) in [5, 5.41) is 5.35. The predicted molar refractivity (Wildman–Crippen MR) is 105 cm³/mol. The first-order valence-corrected chi connectivity index (χ1v) is 9.87. The van der Waals surface area contributed by atoms with Gasteiger partial charge in [-0.05, 0) is 25.3 Å². The number of amides is 2. The first kappa shape index (κ1) is 22.7. The Balaban J connectivity index is 2.12. The molecule has 1 fully saturated rings. The summed E-state index contributed by atoms with van der Waals surface area (Å²) in [6.07, 6.45) is 0.336. The van der Waals surface area contributed by atoms with Gasteiger partial charge in [0.25, 0.3) is 0 Å². The minimum atomic E-state index is -1.29. The molecule has 1 aliphatic carbocycles. The molecule has 0 heterocycles. The van der Waals surface area contributed by atoms with Gasteiger partial charge >= 0.3 is 12.1 Å². The minimum Gasteiger partial charge on any atom is -0.424 e. The molecule has 9 heteroatoms. The summed E-state index contributed by atoms with van der Waals surface area (Å²) in [5.41, 5.74) is -0.773. The number of alkyl carbamates (subject to hydrolysis) is 1. The van der Waals surface area contributed by atoms with Crippen molar-refractivity contribution in [3.05, 3.63) is 34.9 Å². The van der Waals surface area contributed by atoms with Crippen LogP contribution < -0.4 is 10.6 Å². The number of esters is 1. The molecule has 0 aromatic heterocycles. The van der Waals surface area contributed by atoms with Crippen LogP contribution in [0.15, 0.2) is 24.3 Å². The van der Waals surface area contributed by atoms with Gasteiger partial charge in [-0.3, -0.25) is 14.4 Å². The lowest BCUT2D eigenvalue weighted by molar-refractivity contribution is -0.168. The van der Waals surface area contributed by atoms with E-state index in [9.17, 15) is 19.2 Å². The number of Topliss-reactive ketones (excluding diaryl/α,β-unsaturated/α-hetero) is 1. The van der Waals surface area contributed by atoms with E-state index in [4.69, 9.17) is 21.1 Å². The summed E-state index contributed by atoms with van der Waals surface area (Å²) in [6, 6.07) is 6.85. The zero-order valence-electron chi connectivity index (χ0n) is 16.5. The van der Waals surface area contributed by atoms with Gasteiger partial charge in [-0.1, -0.05) is 36.7 Å². The first-order valence-electron chi connectivity index (χ1n) is 9.49. The van der Waals surface area contributed by atoms with E-state index in [-0.39, 0.29) is 24.7 Å². The van der Waals surface area contributed by atoms with Crippen molar-refractivity contribution >= 4 is 35.4 Å². The molecule has 2 rings (SSSR count). The van der Waals surface area contributed by atoms with Crippen molar-refractivity contribution < 1.29 is 28.7 Å². The molecule has 0 spiro atoms. The second kappa shape index (κ2) is 10.2. The first-order chi connectivity index (χ1) is 13.8. The molecule has 1 aromatic carbocycles. The third-order valence-corrected chi connectivity index (χ3v) is 4.98. The zero-order valence-corrected chi connectivity index (χ0v) is 17.2. The van der Waals surface area contributed by atoms with Crippen molar-refractivity contribution in [3.63, 3.8) is 0 Å². The highest BCUT2D eigenvalue weighted by Gasteiger charge is 2.44. The van der Waals surface area contributed by atoms with E-state index >= 15 is 0 Å².